The number of nitrogens with zero attached hydrogens (tertiary/aromatic N) is 1. The van der Waals surface area contributed by atoms with Gasteiger partial charge in [0.05, 0.1) is 21.0 Å². The first-order valence-corrected chi connectivity index (χ1v) is 7.55. The molecular formula is C11H10BrNOS2. The maximum atomic E-state index is 9.35. The first-order valence-electron chi connectivity index (χ1n) is 5.06. The number of aliphatic hydroxyl groups excluding tert-OH is 1. The number of halogens is 1. The van der Waals surface area contributed by atoms with Crippen molar-refractivity contribution in [3.63, 3.8) is 0 Å². The molecule has 0 saturated heterocycles. The van der Waals surface area contributed by atoms with Crippen molar-refractivity contribution < 1.29 is 5.11 Å². The first-order chi connectivity index (χ1) is 7.73. The van der Waals surface area contributed by atoms with Gasteiger partial charge in [0, 0.05) is 10.8 Å². The molecule has 16 heavy (non-hydrogen) atoms. The predicted octanol–water partition coefficient (Wildman–Crippen LogP) is 3.66. The van der Waals surface area contributed by atoms with Crippen molar-refractivity contribution in [2.75, 3.05) is 6.61 Å². The maximum absolute atomic E-state index is 9.35. The van der Waals surface area contributed by atoms with E-state index in [1.807, 2.05) is 6.07 Å². The van der Waals surface area contributed by atoms with Gasteiger partial charge in [0.1, 0.15) is 5.01 Å². The van der Waals surface area contributed by atoms with E-state index in [1.54, 1.807) is 22.7 Å². The fraction of sp³-hybridized carbons (Fsp3) is 0.364. The highest BCUT2D eigenvalue weighted by Gasteiger charge is 2.45. The monoisotopic (exact) mass is 315 g/mol. The van der Waals surface area contributed by atoms with Gasteiger partial charge in [0.15, 0.2) is 0 Å². The molecule has 2 nitrogen and oxygen atoms in total. The molecule has 2 heterocycles. The van der Waals surface area contributed by atoms with Crippen molar-refractivity contribution in [1.82, 2.24) is 4.98 Å². The Hall–Kier alpha value is -0.230. The molecule has 0 atom stereocenters. The molecule has 1 aliphatic rings. The van der Waals surface area contributed by atoms with Crippen LogP contribution < -0.4 is 0 Å². The van der Waals surface area contributed by atoms with E-state index in [-0.39, 0.29) is 12.0 Å². The summed E-state index contributed by atoms with van der Waals surface area (Å²) in [4.78, 5) is 5.84. The molecular weight excluding hydrogens is 306 g/mol. The smallest absolute Gasteiger partial charge is 0.133 e. The molecule has 0 bridgehead atoms. The first kappa shape index (κ1) is 10.9. The second-order valence-corrected chi connectivity index (χ2v) is 7.40. The summed E-state index contributed by atoms with van der Waals surface area (Å²) in [5.41, 5.74) is 1.06. The number of hydrogen-bond acceptors (Lipinski definition) is 4. The zero-order valence-electron chi connectivity index (χ0n) is 8.44. The molecule has 1 N–H and O–H groups in total. The quantitative estimate of drug-likeness (QED) is 0.937. The summed E-state index contributed by atoms with van der Waals surface area (Å²) in [6, 6.07) is 4.12. The standard InChI is InChI=1S/C11H10BrNOS2/c12-9-2-1-7(16-9)10-13-8(5-15-10)11(6-14)3-4-11/h1-2,5,14H,3-4,6H2. The Labute approximate surface area is 110 Å². The maximum Gasteiger partial charge on any atom is 0.133 e. The van der Waals surface area contributed by atoms with E-state index in [9.17, 15) is 5.11 Å². The van der Waals surface area contributed by atoms with Gasteiger partial charge < -0.3 is 5.11 Å². The molecule has 2 aromatic heterocycles. The fourth-order valence-corrected chi connectivity index (χ4v) is 4.11. The Morgan fingerprint density at radius 1 is 1.44 bits per heavy atom. The summed E-state index contributed by atoms with van der Waals surface area (Å²) in [6.45, 7) is 0.226. The van der Waals surface area contributed by atoms with E-state index in [1.165, 1.54) is 4.88 Å². The third-order valence-corrected chi connectivity index (χ3v) is 5.62. The van der Waals surface area contributed by atoms with Crippen molar-refractivity contribution in [1.29, 1.82) is 0 Å². The number of aromatic nitrogens is 1. The van der Waals surface area contributed by atoms with Crippen molar-refractivity contribution in [3.05, 3.63) is 27.0 Å². The highest BCUT2D eigenvalue weighted by atomic mass is 79.9. The minimum Gasteiger partial charge on any atom is -0.395 e. The van der Waals surface area contributed by atoms with Gasteiger partial charge in [-0.15, -0.1) is 22.7 Å². The summed E-state index contributed by atoms with van der Waals surface area (Å²) < 4.78 is 1.13. The predicted molar refractivity (Wildman–Crippen MR) is 71.1 cm³/mol. The molecule has 5 heteroatoms. The summed E-state index contributed by atoms with van der Waals surface area (Å²) in [5.74, 6) is 0. The third-order valence-electron chi connectivity index (χ3n) is 2.99. The summed E-state index contributed by atoms with van der Waals surface area (Å²) in [5, 5.41) is 12.5. The lowest BCUT2D eigenvalue weighted by atomic mass is 10.1. The Balaban J connectivity index is 1.94. The van der Waals surface area contributed by atoms with Crippen molar-refractivity contribution in [3.8, 4) is 9.88 Å². The van der Waals surface area contributed by atoms with Gasteiger partial charge in [-0.05, 0) is 40.9 Å². The second-order valence-electron chi connectivity index (χ2n) is 4.08. The Morgan fingerprint density at radius 2 is 2.25 bits per heavy atom. The van der Waals surface area contributed by atoms with Gasteiger partial charge in [-0.25, -0.2) is 4.98 Å². The number of rotatable bonds is 3. The average Bonchev–Trinajstić information content (AvgIpc) is 2.74. The van der Waals surface area contributed by atoms with Crippen LogP contribution in [0.4, 0.5) is 0 Å². The number of hydrogen-bond donors (Lipinski definition) is 1. The van der Waals surface area contributed by atoms with Crippen LogP contribution in [0.5, 0.6) is 0 Å². The van der Waals surface area contributed by atoms with Crippen LogP contribution in [0.3, 0.4) is 0 Å². The number of thiophene rings is 1. The molecule has 3 rings (SSSR count). The van der Waals surface area contributed by atoms with Crippen LogP contribution in [0.2, 0.25) is 0 Å². The number of aliphatic hydroxyl groups is 1. The van der Waals surface area contributed by atoms with E-state index in [4.69, 9.17) is 0 Å². The van der Waals surface area contributed by atoms with Gasteiger partial charge in [0.25, 0.3) is 0 Å². The summed E-state index contributed by atoms with van der Waals surface area (Å²) in [7, 11) is 0. The zero-order chi connectivity index (χ0) is 11.2. The lowest BCUT2D eigenvalue weighted by molar-refractivity contribution is 0.253. The van der Waals surface area contributed by atoms with E-state index in [0.29, 0.717) is 0 Å². The topological polar surface area (TPSA) is 33.1 Å². The zero-order valence-corrected chi connectivity index (χ0v) is 11.7. The van der Waals surface area contributed by atoms with Gasteiger partial charge >= 0.3 is 0 Å². The molecule has 84 valence electrons. The molecule has 1 fully saturated rings. The van der Waals surface area contributed by atoms with E-state index in [2.05, 4.69) is 32.4 Å². The van der Waals surface area contributed by atoms with Crippen molar-refractivity contribution in [2.24, 2.45) is 0 Å². The average molecular weight is 316 g/mol. The molecule has 2 aromatic rings. The summed E-state index contributed by atoms with van der Waals surface area (Å²) in [6.07, 6.45) is 2.14. The molecule has 0 amide bonds. The van der Waals surface area contributed by atoms with E-state index < -0.39 is 0 Å². The van der Waals surface area contributed by atoms with Crippen LogP contribution in [0.1, 0.15) is 18.5 Å². The minimum absolute atomic E-state index is 0.0107. The number of thiazole rings is 1. The second kappa shape index (κ2) is 3.91. The lowest BCUT2D eigenvalue weighted by Crippen LogP contribution is -2.11. The van der Waals surface area contributed by atoms with Crippen LogP contribution in [0, 0.1) is 0 Å². The van der Waals surface area contributed by atoms with Crippen molar-refractivity contribution >= 4 is 38.6 Å². The van der Waals surface area contributed by atoms with Gasteiger partial charge in [0.2, 0.25) is 0 Å². The van der Waals surface area contributed by atoms with E-state index in [0.717, 1.165) is 27.3 Å². The molecule has 0 aliphatic heterocycles. The normalized spacial score (nSPS) is 17.6. The van der Waals surface area contributed by atoms with E-state index >= 15 is 0 Å². The largest absolute Gasteiger partial charge is 0.395 e. The van der Waals surface area contributed by atoms with Crippen LogP contribution in [-0.2, 0) is 5.41 Å². The molecule has 0 radical (unpaired) electrons. The van der Waals surface area contributed by atoms with Crippen molar-refractivity contribution in [2.45, 2.75) is 18.3 Å². The van der Waals surface area contributed by atoms with Crippen LogP contribution >= 0.6 is 38.6 Å². The van der Waals surface area contributed by atoms with Crippen LogP contribution in [0.25, 0.3) is 9.88 Å². The SMILES string of the molecule is OCC1(c2csc(-c3ccc(Br)s3)n2)CC1. The molecule has 0 spiro atoms. The summed E-state index contributed by atoms with van der Waals surface area (Å²) >= 11 is 6.82. The van der Waals surface area contributed by atoms with Crippen LogP contribution in [0.15, 0.2) is 21.3 Å². The minimum atomic E-state index is -0.0107. The molecule has 1 saturated carbocycles. The highest BCUT2D eigenvalue weighted by Crippen LogP contribution is 2.48. The molecule has 1 aliphatic carbocycles. The Bertz CT molecular complexity index is 516. The Kier molecular flexibility index (Phi) is 2.66. The Morgan fingerprint density at radius 3 is 2.81 bits per heavy atom. The lowest BCUT2D eigenvalue weighted by Gasteiger charge is -2.06. The third kappa shape index (κ3) is 1.76. The van der Waals surface area contributed by atoms with Gasteiger partial charge in [-0.2, -0.15) is 0 Å². The molecule has 0 unspecified atom stereocenters. The van der Waals surface area contributed by atoms with Gasteiger partial charge in [-0.3, -0.25) is 0 Å². The molecule has 0 aromatic carbocycles. The highest BCUT2D eigenvalue weighted by molar-refractivity contribution is 9.11. The van der Waals surface area contributed by atoms with Crippen LogP contribution in [-0.4, -0.2) is 16.7 Å². The van der Waals surface area contributed by atoms with Gasteiger partial charge in [-0.1, -0.05) is 0 Å². The fourth-order valence-electron chi connectivity index (χ4n) is 1.71.